The van der Waals surface area contributed by atoms with Crippen molar-refractivity contribution in [3.63, 3.8) is 0 Å². The number of guanidine groups is 1. The van der Waals surface area contributed by atoms with Crippen molar-refractivity contribution >= 4 is 17.3 Å². The molecule has 0 radical (unpaired) electrons. The van der Waals surface area contributed by atoms with E-state index < -0.39 is 0 Å². The molecule has 1 aliphatic heterocycles. The normalized spacial score (nSPS) is 14.8. The van der Waals surface area contributed by atoms with Gasteiger partial charge in [-0.15, -0.1) is 11.3 Å². The second-order valence-corrected chi connectivity index (χ2v) is 6.41. The minimum atomic E-state index is 0.705. The van der Waals surface area contributed by atoms with Crippen molar-refractivity contribution in [2.24, 2.45) is 4.99 Å². The van der Waals surface area contributed by atoms with Gasteiger partial charge in [0.05, 0.1) is 17.7 Å². The summed E-state index contributed by atoms with van der Waals surface area (Å²) in [7, 11) is 0. The van der Waals surface area contributed by atoms with Crippen molar-refractivity contribution in [1.29, 1.82) is 0 Å². The Morgan fingerprint density at radius 1 is 1.36 bits per heavy atom. The molecule has 0 atom stereocenters. The van der Waals surface area contributed by atoms with E-state index in [1.54, 1.807) is 11.3 Å². The third-order valence-electron chi connectivity index (χ3n) is 3.98. The monoisotopic (exact) mass is 314 g/mol. The van der Waals surface area contributed by atoms with Crippen molar-refractivity contribution in [2.45, 2.75) is 33.4 Å². The van der Waals surface area contributed by atoms with Gasteiger partial charge < -0.3 is 10.2 Å². The van der Waals surface area contributed by atoms with E-state index in [1.165, 1.54) is 16.0 Å². The van der Waals surface area contributed by atoms with Gasteiger partial charge in [-0.3, -0.25) is 0 Å². The maximum atomic E-state index is 4.82. The number of aromatic nitrogens is 1. The Bertz CT molecular complexity index is 662. The zero-order chi connectivity index (χ0) is 15.4. The number of rotatable bonds is 3. The Kier molecular flexibility index (Phi) is 4.73. The molecule has 22 heavy (non-hydrogen) atoms. The zero-order valence-electron chi connectivity index (χ0n) is 13.2. The van der Waals surface area contributed by atoms with E-state index in [4.69, 9.17) is 4.99 Å². The molecule has 1 N–H and O–H groups in total. The fourth-order valence-corrected chi connectivity index (χ4v) is 3.43. The molecule has 2 aromatic rings. The predicted octanol–water partition coefficient (Wildman–Crippen LogP) is 2.98. The molecule has 0 saturated heterocycles. The van der Waals surface area contributed by atoms with Crippen LogP contribution in [0.5, 0.6) is 0 Å². The first kappa shape index (κ1) is 15.0. The molecule has 5 heteroatoms. The number of hydrogen-bond acceptors (Lipinski definition) is 3. The average Bonchev–Trinajstić information content (AvgIpc) is 2.96. The summed E-state index contributed by atoms with van der Waals surface area (Å²) in [5, 5.41) is 3.43. The Labute approximate surface area is 135 Å². The van der Waals surface area contributed by atoms with Crippen LogP contribution in [0.15, 0.2) is 34.8 Å². The van der Waals surface area contributed by atoms with Crippen LogP contribution < -0.4 is 5.32 Å². The number of aryl methyl sites for hydroxylation is 1. The van der Waals surface area contributed by atoms with Crippen LogP contribution in [0.2, 0.25) is 0 Å². The highest BCUT2D eigenvalue weighted by Crippen LogP contribution is 2.19. The zero-order valence-corrected chi connectivity index (χ0v) is 14.0. The summed E-state index contributed by atoms with van der Waals surface area (Å²) in [4.78, 5) is 12.7. The number of nitrogens with zero attached hydrogens (tertiary/aromatic N) is 3. The topological polar surface area (TPSA) is 40.5 Å². The first-order valence-corrected chi connectivity index (χ1v) is 8.65. The highest BCUT2D eigenvalue weighted by Gasteiger charge is 2.18. The average molecular weight is 314 g/mol. The second kappa shape index (κ2) is 6.92. The molecule has 1 aliphatic rings. The molecule has 0 spiro atoms. The molecule has 2 heterocycles. The number of thiazole rings is 1. The lowest BCUT2D eigenvalue weighted by atomic mass is 10.0. The van der Waals surface area contributed by atoms with Crippen LogP contribution in [0.1, 0.15) is 28.6 Å². The van der Waals surface area contributed by atoms with Crippen LogP contribution in [0, 0.1) is 6.92 Å². The smallest absolute Gasteiger partial charge is 0.194 e. The molecule has 1 aromatic carbocycles. The molecule has 0 bridgehead atoms. The number of fused-ring (bicyclic) bond motifs is 1. The minimum absolute atomic E-state index is 0.705. The van der Waals surface area contributed by atoms with Crippen molar-refractivity contribution in [3.05, 3.63) is 51.5 Å². The SMILES string of the molecule is CCNC(=NCc1scnc1C)N1CCc2ccccc2C1. The third-order valence-corrected chi connectivity index (χ3v) is 4.90. The standard InChI is InChI=1S/C17H22N4S/c1-3-18-17(19-10-16-13(2)20-12-22-16)21-9-8-14-6-4-5-7-15(14)11-21/h4-7,12H,3,8-11H2,1-2H3,(H,18,19). The van der Waals surface area contributed by atoms with Gasteiger partial charge in [-0.2, -0.15) is 0 Å². The van der Waals surface area contributed by atoms with Crippen molar-refractivity contribution in [1.82, 2.24) is 15.2 Å². The molecule has 3 rings (SSSR count). The Hall–Kier alpha value is -1.88. The molecule has 0 fully saturated rings. The van der Waals surface area contributed by atoms with Crippen LogP contribution in [-0.2, 0) is 19.5 Å². The van der Waals surface area contributed by atoms with E-state index in [0.717, 1.165) is 37.7 Å². The van der Waals surface area contributed by atoms with Gasteiger partial charge in [0.15, 0.2) is 5.96 Å². The summed E-state index contributed by atoms with van der Waals surface area (Å²) in [6.45, 7) is 7.71. The molecule has 1 aromatic heterocycles. The molecule has 0 aliphatic carbocycles. The Morgan fingerprint density at radius 2 is 2.18 bits per heavy atom. The maximum Gasteiger partial charge on any atom is 0.194 e. The molecular weight excluding hydrogens is 292 g/mol. The van der Waals surface area contributed by atoms with E-state index in [2.05, 4.69) is 46.4 Å². The molecule has 0 unspecified atom stereocenters. The van der Waals surface area contributed by atoms with Gasteiger partial charge in [-0.1, -0.05) is 24.3 Å². The highest BCUT2D eigenvalue weighted by molar-refractivity contribution is 7.09. The number of aliphatic imine (C=N–C) groups is 1. The first-order chi connectivity index (χ1) is 10.8. The van der Waals surface area contributed by atoms with E-state index in [0.29, 0.717) is 6.54 Å². The van der Waals surface area contributed by atoms with Crippen molar-refractivity contribution in [3.8, 4) is 0 Å². The molecular formula is C17H22N4S. The van der Waals surface area contributed by atoms with Gasteiger partial charge in [0.1, 0.15) is 0 Å². The maximum absolute atomic E-state index is 4.82. The van der Waals surface area contributed by atoms with E-state index in [1.807, 2.05) is 12.4 Å². The largest absolute Gasteiger partial charge is 0.356 e. The van der Waals surface area contributed by atoms with Gasteiger partial charge in [0.25, 0.3) is 0 Å². The Morgan fingerprint density at radius 3 is 2.91 bits per heavy atom. The van der Waals surface area contributed by atoms with Gasteiger partial charge in [-0.05, 0) is 31.4 Å². The number of hydrogen-bond donors (Lipinski definition) is 1. The van der Waals surface area contributed by atoms with E-state index in [-0.39, 0.29) is 0 Å². The lowest BCUT2D eigenvalue weighted by Crippen LogP contribution is -2.44. The summed E-state index contributed by atoms with van der Waals surface area (Å²) in [5.74, 6) is 1.00. The van der Waals surface area contributed by atoms with Crippen LogP contribution >= 0.6 is 11.3 Å². The molecule has 116 valence electrons. The summed E-state index contributed by atoms with van der Waals surface area (Å²) < 4.78 is 0. The van der Waals surface area contributed by atoms with Gasteiger partial charge in [0, 0.05) is 24.5 Å². The van der Waals surface area contributed by atoms with E-state index >= 15 is 0 Å². The highest BCUT2D eigenvalue weighted by atomic mass is 32.1. The molecule has 0 amide bonds. The van der Waals surface area contributed by atoms with E-state index in [9.17, 15) is 0 Å². The Balaban J connectivity index is 1.75. The van der Waals surface area contributed by atoms with Gasteiger partial charge in [0.2, 0.25) is 0 Å². The van der Waals surface area contributed by atoms with Crippen LogP contribution in [0.3, 0.4) is 0 Å². The second-order valence-electron chi connectivity index (χ2n) is 5.47. The summed E-state index contributed by atoms with van der Waals surface area (Å²) in [6.07, 6.45) is 1.08. The summed E-state index contributed by atoms with van der Waals surface area (Å²) in [6, 6.07) is 8.70. The minimum Gasteiger partial charge on any atom is -0.356 e. The lowest BCUT2D eigenvalue weighted by molar-refractivity contribution is 0.378. The van der Waals surface area contributed by atoms with Crippen LogP contribution in [0.25, 0.3) is 0 Å². The fourth-order valence-electron chi connectivity index (χ4n) is 2.73. The molecule has 0 saturated carbocycles. The van der Waals surface area contributed by atoms with Crippen LogP contribution in [-0.4, -0.2) is 28.9 Å². The van der Waals surface area contributed by atoms with Gasteiger partial charge in [-0.25, -0.2) is 9.98 Å². The predicted molar refractivity (Wildman–Crippen MR) is 92.2 cm³/mol. The number of benzene rings is 1. The fraction of sp³-hybridized carbons (Fsp3) is 0.412. The molecule has 4 nitrogen and oxygen atoms in total. The third kappa shape index (κ3) is 3.30. The summed E-state index contributed by atoms with van der Waals surface area (Å²) in [5.41, 5.74) is 5.86. The first-order valence-electron chi connectivity index (χ1n) is 7.77. The van der Waals surface area contributed by atoms with Crippen LogP contribution in [0.4, 0.5) is 0 Å². The lowest BCUT2D eigenvalue weighted by Gasteiger charge is -2.31. The summed E-state index contributed by atoms with van der Waals surface area (Å²) >= 11 is 1.68. The quantitative estimate of drug-likeness (QED) is 0.699. The van der Waals surface area contributed by atoms with Crippen molar-refractivity contribution < 1.29 is 0 Å². The van der Waals surface area contributed by atoms with Gasteiger partial charge >= 0.3 is 0 Å². The number of nitrogens with one attached hydrogen (secondary N) is 1. The van der Waals surface area contributed by atoms with Crippen molar-refractivity contribution in [2.75, 3.05) is 13.1 Å².